The average molecular weight is 387 g/mol. The predicted octanol–water partition coefficient (Wildman–Crippen LogP) is 2.03. The molecular weight excluding hydrogens is 361 g/mol. The molecule has 2 N–H and O–H groups in total. The van der Waals surface area contributed by atoms with Gasteiger partial charge in [-0.15, -0.1) is 0 Å². The van der Waals surface area contributed by atoms with Gasteiger partial charge in [-0.2, -0.15) is 10.2 Å². The minimum absolute atomic E-state index is 0.247. The third-order valence-corrected chi connectivity index (χ3v) is 5.88. The fourth-order valence-electron chi connectivity index (χ4n) is 4.20. The zero-order chi connectivity index (χ0) is 19.5. The van der Waals surface area contributed by atoms with E-state index in [-0.39, 0.29) is 17.9 Å². The molecule has 2 atom stereocenters. The van der Waals surface area contributed by atoms with E-state index in [1.807, 2.05) is 0 Å². The summed E-state index contributed by atoms with van der Waals surface area (Å²) in [7, 11) is 0. The number of aliphatic carboxylic acids is 1. The van der Waals surface area contributed by atoms with Crippen molar-refractivity contribution in [3.63, 3.8) is 0 Å². The summed E-state index contributed by atoms with van der Waals surface area (Å²) in [6.45, 7) is 5.82. The maximum absolute atomic E-state index is 13.2. The lowest BCUT2D eigenvalue weighted by Crippen LogP contribution is -2.57. The van der Waals surface area contributed by atoms with E-state index in [0.29, 0.717) is 13.1 Å². The highest BCUT2D eigenvalue weighted by molar-refractivity contribution is 5.70. The second-order valence-electron chi connectivity index (χ2n) is 7.71. The molecule has 0 spiro atoms. The lowest BCUT2D eigenvalue weighted by molar-refractivity contribution is -0.142. The summed E-state index contributed by atoms with van der Waals surface area (Å²) in [5.74, 6) is -1.21. The standard InChI is InChI=1S/C20H26FN5O2/c21-17-4-1-14(2-5-17)19-16(12-23-24-19)13-25-7-9-26(10-8-25)18-6-3-15(11-22-18)20(27)28/h1-2,4-5,15,18,22H,3,6-13H2,(H,27,28). The van der Waals surface area contributed by atoms with Crippen LogP contribution in [-0.2, 0) is 4.79 Å². The molecule has 0 aromatic heterocycles. The Hall–Kier alpha value is -2.16. The molecular formula is C20H26FN5O2. The summed E-state index contributed by atoms with van der Waals surface area (Å²) in [6, 6.07) is 6.43. The Morgan fingerprint density at radius 3 is 2.57 bits per heavy atom. The van der Waals surface area contributed by atoms with Crippen molar-refractivity contribution in [2.75, 3.05) is 45.8 Å². The quantitative estimate of drug-likeness (QED) is 0.808. The fourth-order valence-corrected chi connectivity index (χ4v) is 4.20. The number of azo groups is 1. The molecule has 3 aliphatic rings. The first-order valence-corrected chi connectivity index (χ1v) is 9.88. The van der Waals surface area contributed by atoms with Gasteiger partial charge in [-0.1, -0.05) is 0 Å². The van der Waals surface area contributed by atoms with Crippen LogP contribution < -0.4 is 5.32 Å². The molecule has 1 aromatic rings. The van der Waals surface area contributed by atoms with Gasteiger partial charge in [-0.25, -0.2) is 4.39 Å². The van der Waals surface area contributed by atoms with Gasteiger partial charge in [0, 0.05) is 44.8 Å². The van der Waals surface area contributed by atoms with E-state index in [9.17, 15) is 9.18 Å². The third kappa shape index (κ3) is 4.29. The number of carboxylic acids is 1. The number of halogens is 1. The molecule has 0 radical (unpaired) electrons. The van der Waals surface area contributed by atoms with Gasteiger partial charge in [0.15, 0.2) is 0 Å². The maximum Gasteiger partial charge on any atom is 0.307 e. The number of benzene rings is 1. The van der Waals surface area contributed by atoms with E-state index >= 15 is 0 Å². The van der Waals surface area contributed by atoms with Crippen LogP contribution in [0.25, 0.3) is 5.70 Å². The topological polar surface area (TPSA) is 80.5 Å². The minimum Gasteiger partial charge on any atom is -0.481 e. The monoisotopic (exact) mass is 387 g/mol. The molecule has 3 heterocycles. The van der Waals surface area contributed by atoms with Gasteiger partial charge in [0.1, 0.15) is 5.82 Å². The molecule has 2 fully saturated rings. The van der Waals surface area contributed by atoms with Gasteiger partial charge < -0.3 is 10.4 Å². The number of rotatable bonds is 5. The first-order valence-electron chi connectivity index (χ1n) is 9.88. The van der Waals surface area contributed by atoms with Crippen molar-refractivity contribution < 1.29 is 14.3 Å². The molecule has 2 unspecified atom stereocenters. The highest BCUT2D eigenvalue weighted by Gasteiger charge is 2.30. The number of piperazine rings is 1. The van der Waals surface area contributed by atoms with Crippen LogP contribution in [0.2, 0.25) is 0 Å². The predicted molar refractivity (Wildman–Crippen MR) is 103 cm³/mol. The van der Waals surface area contributed by atoms with E-state index in [0.717, 1.165) is 56.8 Å². The molecule has 28 heavy (non-hydrogen) atoms. The van der Waals surface area contributed by atoms with Crippen LogP contribution in [-0.4, -0.2) is 72.9 Å². The van der Waals surface area contributed by atoms with Crippen LogP contribution in [0, 0.1) is 11.7 Å². The van der Waals surface area contributed by atoms with Gasteiger partial charge >= 0.3 is 5.97 Å². The summed E-state index contributed by atoms with van der Waals surface area (Å²) in [5, 5.41) is 21.0. The first kappa shape index (κ1) is 19.2. The number of piperidine rings is 1. The second kappa shape index (κ2) is 8.46. The highest BCUT2D eigenvalue weighted by atomic mass is 19.1. The Labute approximate surface area is 163 Å². The Balaban J connectivity index is 1.30. The molecule has 1 aromatic carbocycles. The molecule has 4 rings (SSSR count). The van der Waals surface area contributed by atoms with Gasteiger partial charge in [0.05, 0.1) is 24.3 Å². The lowest BCUT2D eigenvalue weighted by Gasteiger charge is -2.42. The molecule has 0 aliphatic carbocycles. The Bertz CT molecular complexity index is 763. The molecule has 0 amide bonds. The Kier molecular flexibility index (Phi) is 5.79. The van der Waals surface area contributed by atoms with E-state index in [1.54, 1.807) is 12.1 Å². The van der Waals surface area contributed by atoms with Crippen molar-refractivity contribution in [3.8, 4) is 0 Å². The number of nitrogens with zero attached hydrogens (tertiary/aromatic N) is 4. The minimum atomic E-state index is -0.701. The van der Waals surface area contributed by atoms with Crippen LogP contribution in [0.3, 0.4) is 0 Å². The number of hydrogen-bond acceptors (Lipinski definition) is 6. The summed E-state index contributed by atoms with van der Waals surface area (Å²) in [6.07, 6.45) is 1.90. The van der Waals surface area contributed by atoms with Crippen molar-refractivity contribution in [3.05, 3.63) is 41.2 Å². The van der Waals surface area contributed by atoms with E-state index in [4.69, 9.17) is 5.11 Å². The van der Waals surface area contributed by atoms with Crippen molar-refractivity contribution in [1.29, 1.82) is 0 Å². The van der Waals surface area contributed by atoms with E-state index in [2.05, 4.69) is 25.3 Å². The largest absolute Gasteiger partial charge is 0.481 e. The van der Waals surface area contributed by atoms with Crippen molar-refractivity contribution in [2.45, 2.75) is 19.0 Å². The Morgan fingerprint density at radius 2 is 1.93 bits per heavy atom. The second-order valence-corrected chi connectivity index (χ2v) is 7.71. The maximum atomic E-state index is 13.2. The first-order chi connectivity index (χ1) is 13.6. The van der Waals surface area contributed by atoms with Gasteiger partial charge in [-0.3, -0.25) is 14.6 Å². The third-order valence-electron chi connectivity index (χ3n) is 5.88. The molecule has 8 heteroatoms. The van der Waals surface area contributed by atoms with Gasteiger partial charge in [0.25, 0.3) is 0 Å². The van der Waals surface area contributed by atoms with Crippen molar-refractivity contribution in [2.24, 2.45) is 16.1 Å². The van der Waals surface area contributed by atoms with Crippen molar-refractivity contribution >= 4 is 11.7 Å². The fraction of sp³-hybridized carbons (Fsp3) is 0.550. The van der Waals surface area contributed by atoms with Crippen LogP contribution in [0.4, 0.5) is 4.39 Å². The van der Waals surface area contributed by atoms with Gasteiger partial charge in [-0.05, 0) is 42.7 Å². The summed E-state index contributed by atoms with van der Waals surface area (Å²) in [5.41, 5.74) is 2.96. The zero-order valence-corrected chi connectivity index (χ0v) is 15.9. The number of carboxylic acid groups (broad SMARTS) is 1. The smallest absolute Gasteiger partial charge is 0.307 e. The lowest BCUT2D eigenvalue weighted by atomic mass is 9.97. The summed E-state index contributed by atoms with van der Waals surface area (Å²) in [4.78, 5) is 15.9. The molecule has 7 nitrogen and oxygen atoms in total. The summed E-state index contributed by atoms with van der Waals surface area (Å²) >= 11 is 0. The Morgan fingerprint density at radius 1 is 1.18 bits per heavy atom. The van der Waals surface area contributed by atoms with Gasteiger partial charge in [0.2, 0.25) is 0 Å². The molecule has 3 aliphatic heterocycles. The summed E-state index contributed by atoms with van der Waals surface area (Å²) < 4.78 is 13.2. The molecule has 0 saturated carbocycles. The normalized spacial score (nSPS) is 26.8. The SMILES string of the molecule is O=C(O)C1CCC(N2CCN(CC3=C(c4ccc(F)cc4)N=NC3)CC2)NC1. The van der Waals surface area contributed by atoms with Crippen LogP contribution in [0.5, 0.6) is 0 Å². The molecule has 2 saturated heterocycles. The molecule has 150 valence electrons. The van der Waals surface area contributed by atoms with Crippen LogP contribution in [0.15, 0.2) is 40.1 Å². The van der Waals surface area contributed by atoms with Crippen molar-refractivity contribution in [1.82, 2.24) is 15.1 Å². The highest BCUT2D eigenvalue weighted by Crippen LogP contribution is 2.27. The van der Waals surface area contributed by atoms with Crippen LogP contribution >= 0.6 is 0 Å². The number of nitrogens with one attached hydrogen (secondary N) is 1. The number of hydrogen-bond donors (Lipinski definition) is 2. The average Bonchev–Trinajstić information content (AvgIpc) is 3.17. The zero-order valence-electron chi connectivity index (χ0n) is 15.9. The van der Waals surface area contributed by atoms with E-state index < -0.39 is 5.97 Å². The number of carbonyl (C=O) groups is 1. The van der Waals surface area contributed by atoms with Crippen LogP contribution in [0.1, 0.15) is 18.4 Å². The van der Waals surface area contributed by atoms with E-state index in [1.165, 1.54) is 17.7 Å². The molecule has 0 bridgehead atoms.